The van der Waals surface area contributed by atoms with Gasteiger partial charge in [-0.05, 0) is 40.4 Å². The Morgan fingerprint density at radius 2 is 2.05 bits per heavy atom. The highest BCUT2D eigenvalue weighted by atomic mass is 79.9. The number of hydrogen-bond donors (Lipinski definition) is 1. The molecule has 1 aromatic rings. The highest BCUT2D eigenvalue weighted by Crippen LogP contribution is 2.20. The normalized spacial score (nSPS) is 12.4. The molecule has 108 valence electrons. The van der Waals surface area contributed by atoms with Gasteiger partial charge in [-0.1, -0.05) is 45.2 Å². The first-order valence-corrected chi connectivity index (χ1v) is 8.13. The maximum Gasteiger partial charge on any atom is 0.0639 e. The largest absolute Gasteiger partial charge is 0.382 e. The Labute approximate surface area is 126 Å². The summed E-state index contributed by atoms with van der Waals surface area (Å²) in [6.45, 7) is 7.02. The molecule has 0 radical (unpaired) electrons. The second kappa shape index (κ2) is 10.3. The van der Waals surface area contributed by atoms with Crippen LogP contribution < -0.4 is 5.32 Å². The van der Waals surface area contributed by atoms with E-state index in [2.05, 4.69) is 41.2 Å². The Morgan fingerprint density at radius 3 is 2.74 bits per heavy atom. The third-order valence-electron chi connectivity index (χ3n) is 3.33. The molecule has 3 heteroatoms. The first-order chi connectivity index (χ1) is 9.27. The second-order valence-corrected chi connectivity index (χ2v) is 5.75. The summed E-state index contributed by atoms with van der Waals surface area (Å²) in [5.41, 5.74) is 1.13. The molecule has 0 aromatic heterocycles. The molecule has 0 bridgehead atoms. The van der Waals surface area contributed by atoms with Gasteiger partial charge in [0.05, 0.1) is 6.61 Å². The van der Waals surface area contributed by atoms with E-state index in [-0.39, 0.29) is 0 Å². The first-order valence-electron chi connectivity index (χ1n) is 7.34. The summed E-state index contributed by atoms with van der Waals surface area (Å²) >= 11 is 3.52. The van der Waals surface area contributed by atoms with Gasteiger partial charge < -0.3 is 10.1 Å². The molecule has 19 heavy (non-hydrogen) atoms. The van der Waals surface area contributed by atoms with E-state index >= 15 is 0 Å². The standard InChI is InChI=1S/C16H26BrNO/c1-3-5-8-14(4-2)13-19-12-11-18-16-10-7-6-9-15(16)17/h6-7,9-10,14,18H,3-5,8,11-13H2,1-2H3. The van der Waals surface area contributed by atoms with Gasteiger partial charge in [-0.3, -0.25) is 0 Å². The monoisotopic (exact) mass is 327 g/mol. The number of unbranched alkanes of at least 4 members (excludes halogenated alkanes) is 1. The van der Waals surface area contributed by atoms with E-state index < -0.39 is 0 Å². The Balaban J connectivity index is 2.12. The van der Waals surface area contributed by atoms with Gasteiger partial charge in [0.15, 0.2) is 0 Å². The highest BCUT2D eigenvalue weighted by Gasteiger charge is 2.05. The van der Waals surface area contributed by atoms with Crippen LogP contribution in [0.1, 0.15) is 39.5 Å². The Hall–Kier alpha value is -0.540. The third kappa shape index (κ3) is 6.98. The summed E-state index contributed by atoms with van der Waals surface area (Å²) in [6.07, 6.45) is 5.11. The first kappa shape index (κ1) is 16.5. The van der Waals surface area contributed by atoms with Gasteiger partial charge in [0.2, 0.25) is 0 Å². The topological polar surface area (TPSA) is 21.3 Å². The fourth-order valence-corrected chi connectivity index (χ4v) is 2.44. The van der Waals surface area contributed by atoms with Crippen LogP contribution in [0.5, 0.6) is 0 Å². The van der Waals surface area contributed by atoms with Crippen molar-refractivity contribution in [3.05, 3.63) is 28.7 Å². The molecule has 0 saturated heterocycles. The van der Waals surface area contributed by atoms with E-state index in [1.807, 2.05) is 18.2 Å². The summed E-state index contributed by atoms with van der Waals surface area (Å²) in [5.74, 6) is 0.725. The predicted molar refractivity (Wildman–Crippen MR) is 86.8 cm³/mol. The lowest BCUT2D eigenvalue weighted by Crippen LogP contribution is -2.14. The average Bonchev–Trinajstić information content (AvgIpc) is 2.43. The minimum absolute atomic E-state index is 0.725. The number of hydrogen-bond acceptors (Lipinski definition) is 2. The van der Waals surface area contributed by atoms with E-state index in [4.69, 9.17) is 4.74 Å². The molecular formula is C16H26BrNO. The van der Waals surface area contributed by atoms with Crippen LogP contribution in [-0.2, 0) is 4.74 Å². The molecule has 0 saturated carbocycles. The average molecular weight is 328 g/mol. The molecule has 0 heterocycles. The van der Waals surface area contributed by atoms with Crippen LogP contribution in [0.4, 0.5) is 5.69 Å². The fourth-order valence-electron chi connectivity index (χ4n) is 2.01. The molecule has 1 unspecified atom stereocenters. The van der Waals surface area contributed by atoms with E-state index in [1.54, 1.807) is 0 Å². The predicted octanol–water partition coefficient (Wildman–Crippen LogP) is 5.09. The van der Waals surface area contributed by atoms with E-state index in [0.717, 1.165) is 35.8 Å². The van der Waals surface area contributed by atoms with Crippen LogP contribution in [0.2, 0.25) is 0 Å². The third-order valence-corrected chi connectivity index (χ3v) is 4.02. The van der Waals surface area contributed by atoms with Crippen molar-refractivity contribution in [1.82, 2.24) is 0 Å². The van der Waals surface area contributed by atoms with E-state index in [1.165, 1.54) is 25.7 Å². The van der Waals surface area contributed by atoms with Crippen LogP contribution in [0.15, 0.2) is 28.7 Å². The molecule has 0 aliphatic rings. The second-order valence-electron chi connectivity index (χ2n) is 4.90. The van der Waals surface area contributed by atoms with Gasteiger partial charge in [-0.2, -0.15) is 0 Å². The number of anilines is 1. The van der Waals surface area contributed by atoms with Gasteiger partial charge in [-0.15, -0.1) is 0 Å². The maximum absolute atomic E-state index is 5.77. The highest BCUT2D eigenvalue weighted by molar-refractivity contribution is 9.10. The van der Waals surface area contributed by atoms with Crippen LogP contribution >= 0.6 is 15.9 Å². The van der Waals surface area contributed by atoms with Crippen LogP contribution in [0, 0.1) is 5.92 Å². The quantitative estimate of drug-likeness (QED) is 0.604. The molecule has 0 amide bonds. The maximum atomic E-state index is 5.77. The minimum Gasteiger partial charge on any atom is -0.382 e. The molecule has 1 rings (SSSR count). The molecule has 1 atom stereocenters. The summed E-state index contributed by atoms with van der Waals surface area (Å²) in [5, 5.41) is 3.38. The van der Waals surface area contributed by atoms with Gasteiger partial charge in [0.25, 0.3) is 0 Å². The van der Waals surface area contributed by atoms with Crippen molar-refractivity contribution in [2.24, 2.45) is 5.92 Å². The molecule has 0 fully saturated rings. The number of nitrogens with one attached hydrogen (secondary N) is 1. The Bertz CT molecular complexity index is 343. The van der Waals surface area contributed by atoms with Crippen LogP contribution in [0.25, 0.3) is 0 Å². The Morgan fingerprint density at radius 1 is 1.26 bits per heavy atom. The molecule has 0 spiro atoms. The molecule has 1 aromatic carbocycles. The van der Waals surface area contributed by atoms with Crippen molar-refractivity contribution in [3.8, 4) is 0 Å². The zero-order chi connectivity index (χ0) is 13.9. The van der Waals surface area contributed by atoms with Crippen molar-refractivity contribution in [1.29, 1.82) is 0 Å². The summed E-state index contributed by atoms with van der Waals surface area (Å²) in [7, 11) is 0. The fraction of sp³-hybridized carbons (Fsp3) is 0.625. The van der Waals surface area contributed by atoms with Crippen molar-refractivity contribution >= 4 is 21.6 Å². The molecule has 0 aliphatic heterocycles. The number of rotatable bonds is 10. The lowest BCUT2D eigenvalue weighted by molar-refractivity contribution is 0.102. The zero-order valence-electron chi connectivity index (χ0n) is 12.1. The SMILES string of the molecule is CCCCC(CC)COCCNc1ccccc1Br. The number of benzene rings is 1. The molecule has 1 N–H and O–H groups in total. The number of halogens is 1. The van der Waals surface area contributed by atoms with Crippen molar-refractivity contribution in [2.75, 3.05) is 25.1 Å². The molecular weight excluding hydrogens is 302 g/mol. The molecule has 2 nitrogen and oxygen atoms in total. The van der Waals surface area contributed by atoms with E-state index in [9.17, 15) is 0 Å². The Kier molecular flexibility index (Phi) is 8.93. The van der Waals surface area contributed by atoms with Crippen LogP contribution in [-0.4, -0.2) is 19.8 Å². The van der Waals surface area contributed by atoms with Gasteiger partial charge >= 0.3 is 0 Å². The number of ether oxygens (including phenoxy) is 1. The van der Waals surface area contributed by atoms with Gasteiger partial charge in [0.1, 0.15) is 0 Å². The zero-order valence-corrected chi connectivity index (χ0v) is 13.7. The summed E-state index contributed by atoms with van der Waals surface area (Å²) in [4.78, 5) is 0. The number of para-hydroxylation sites is 1. The van der Waals surface area contributed by atoms with E-state index in [0.29, 0.717) is 0 Å². The summed E-state index contributed by atoms with van der Waals surface area (Å²) < 4.78 is 6.87. The minimum atomic E-state index is 0.725. The van der Waals surface area contributed by atoms with Crippen molar-refractivity contribution in [2.45, 2.75) is 39.5 Å². The lowest BCUT2D eigenvalue weighted by atomic mass is 10.0. The van der Waals surface area contributed by atoms with Crippen molar-refractivity contribution in [3.63, 3.8) is 0 Å². The van der Waals surface area contributed by atoms with Crippen molar-refractivity contribution < 1.29 is 4.74 Å². The smallest absolute Gasteiger partial charge is 0.0639 e. The summed E-state index contributed by atoms with van der Waals surface area (Å²) in [6, 6.07) is 8.17. The molecule has 0 aliphatic carbocycles. The van der Waals surface area contributed by atoms with Gasteiger partial charge in [-0.25, -0.2) is 0 Å². The van der Waals surface area contributed by atoms with Crippen LogP contribution in [0.3, 0.4) is 0 Å². The lowest BCUT2D eigenvalue weighted by Gasteiger charge is -2.15. The van der Waals surface area contributed by atoms with Gasteiger partial charge in [0, 0.05) is 23.3 Å².